The van der Waals surface area contributed by atoms with Crippen LogP contribution >= 0.6 is 22.9 Å². The van der Waals surface area contributed by atoms with Crippen molar-refractivity contribution in [2.75, 3.05) is 24.5 Å². The van der Waals surface area contributed by atoms with Gasteiger partial charge >= 0.3 is 0 Å². The first-order chi connectivity index (χ1) is 9.22. The first-order valence-electron chi connectivity index (χ1n) is 6.24. The first-order valence-corrected chi connectivity index (χ1v) is 7.44. The number of hydrogen-bond acceptors (Lipinski definition) is 5. The maximum atomic E-state index is 6.01. The van der Waals surface area contributed by atoms with Crippen LogP contribution in [-0.4, -0.2) is 29.6 Å². The van der Waals surface area contributed by atoms with Crippen molar-refractivity contribution in [2.45, 2.75) is 13.0 Å². The van der Waals surface area contributed by atoms with E-state index in [0.717, 1.165) is 35.5 Å². The lowest BCUT2D eigenvalue weighted by molar-refractivity contribution is 0.475. The van der Waals surface area contributed by atoms with E-state index < -0.39 is 0 Å². The van der Waals surface area contributed by atoms with Crippen molar-refractivity contribution >= 4 is 28.8 Å². The van der Waals surface area contributed by atoms with Crippen LogP contribution in [0.4, 0.5) is 5.82 Å². The van der Waals surface area contributed by atoms with Gasteiger partial charge in [-0.25, -0.2) is 4.98 Å². The molecule has 100 valence electrons. The van der Waals surface area contributed by atoms with E-state index in [2.05, 4.69) is 26.3 Å². The van der Waals surface area contributed by atoms with Gasteiger partial charge < -0.3 is 10.2 Å². The van der Waals surface area contributed by atoms with Gasteiger partial charge in [0.2, 0.25) is 0 Å². The molecule has 1 atom stereocenters. The highest BCUT2D eigenvalue weighted by Gasteiger charge is 2.22. The Balaban J connectivity index is 1.76. The lowest BCUT2D eigenvalue weighted by atomic mass is 10.2. The molecule has 2 aromatic heterocycles. The first kappa shape index (κ1) is 12.8. The van der Waals surface area contributed by atoms with Crippen LogP contribution < -0.4 is 10.2 Å². The third-order valence-corrected chi connectivity index (χ3v) is 4.55. The van der Waals surface area contributed by atoms with E-state index in [4.69, 9.17) is 11.6 Å². The molecule has 0 bridgehead atoms. The summed E-state index contributed by atoms with van der Waals surface area (Å²) in [6.07, 6.45) is 3.66. The molecule has 1 aliphatic heterocycles. The summed E-state index contributed by atoms with van der Waals surface area (Å²) in [5.74, 6) is 0.944. The predicted molar refractivity (Wildman–Crippen MR) is 79.1 cm³/mol. The Morgan fingerprint density at radius 2 is 2.26 bits per heavy atom. The molecule has 0 aromatic carbocycles. The van der Waals surface area contributed by atoms with Crippen molar-refractivity contribution in [2.24, 2.45) is 0 Å². The van der Waals surface area contributed by atoms with Crippen LogP contribution in [-0.2, 0) is 0 Å². The largest absolute Gasteiger partial charge is 0.352 e. The molecule has 3 rings (SSSR count). The number of rotatable bonds is 2. The standard InChI is InChI=1S/C13H15ClN4S/c1-9-6-17-13(7-16-9)18-5-4-15-10(8-18)11-2-3-12(14)19-11/h2-3,6-7,10,15H,4-5,8H2,1H3. The normalized spacial score (nSPS) is 19.7. The summed E-state index contributed by atoms with van der Waals surface area (Å²) in [4.78, 5) is 12.3. The van der Waals surface area contributed by atoms with Gasteiger partial charge in [0, 0.05) is 24.5 Å². The van der Waals surface area contributed by atoms with Gasteiger partial charge in [0.25, 0.3) is 0 Å². The zero-order valence-electron chi connectivity index (χ0n) is 10.6. The lowest BCUT2D eigenvalue weighted by Gasteiger charge is -2.33. The van der Waals surface area contributed by atoms with Crippen molar-refractivity contribution < 1.29 is 0 Å². The van der Waals surface area contributed by atoms with Crippen LogP contribution in [0.25, 0.3) is 0 Å². The van der Waals surface area contributed by atoms with Crippen molar-refractivity contribution in [3.8, 4) is 0 Å². The molecule has 0 amide bonds. The molecule has 3 heterocycles. The maximum absolute atomic E-state index is 6.01. The van der Waals surface area contributed by atoms with E-state index in [0.29, 0.717) is 6.04 Å². The Labute approximate surface area is 121 Å². The summed E-state index contributed by atoms with van der Waals surface area (Å²) in [6.45, 7) is 4.74. The second-order valence-electron chi connectivity index (χ2n) is 4.61. The minimum Gasteiger partial charge on any atom is -0.352 e. The zero-order chi connectivity index (χ0) is 13.2. The van der Waals surface area contributed by atoms with E-state index >= 15 is 0 Å². The van der Waals surface area contributed by atoms with Crippen LogP contribution in [0.15, 0.2) is 24.5 Å². The van der Waals surface area contributed by atoms with E-state index in [1.165, 1.54) is 4.88 Å². The SMILES string of the molecule is Cc1cnc(N2CCNC(c3ccc(Cl)s3)C2)cn1. The highest BCUT2D eigenvalue weighted by Crippen LogP contribution is 2.29. The Morgan fingerprint density at radius 1 is 1.37 bits per heavy atom. The monoisotopic (exact) mass is 294 g/mol. The third-order valence-electron chi connectivity index (χ3n) is 3.20. The van der Waals surface area contributed by atoms with Gasteiger partial charge in [-0.05, 0) is 19.1 Å². The van der Waals surface area contributed by atoms with Crippen molar-refractivity contribution in [3.63, 3.8) is 0 Å². The number of halogens is 1. The number of aryl methyl sites for hydroxylation is 1. The number of hydrogen-bond donors (Lipinski definition) is 1. The molecule has 1 unspecified atom stereocenters. The molecule has 0 aliphatic carbocycles. The summed E-state index contributed by atoms with van der Waals surface area (Å²) in [6, 6.07) is 4.36. The van der Waals surface area contributed by atoms with Gasteiger partial charge in [-0.2, -0.15) is 0 Å². The molecular formula is C13H15ClN4S. The molecular weight excluding hydrogens is 280 g/mol. The molecule has 1 fully saturated rings. The van der Waals surface area contributed by atoms with Crippen molar-refractivity contribution in [3.05, 3.63) is 39.4 Å². The van der Waals surface area contributed by atoms with E-state index in [-0.39, 0.29) is 0 Å². The minimum absolute atomic E-state index is 0.314. The smallest absolute Gasteiger partial charge is 0.147 e. The van der Waals surface area contributed by atoms with Crippen molar-refractivity contribution in [1.29, 1.82) is 0 Å². The van der Waals surface area contributed by atoms with Crippen LogP contribution in [0.5, 0.6) is 0 Å². The second-order valence-corrected chi connectivity index (χ2v) is 6.36. The maximum Gasteiger partial charge on any atom is 0.147 e. The topological polar surface area (TPSA) is 41.1 Å². The fourth-order valence-corrected chi connectivity index (χ4v) is 3.34. The number of nitrogens with one attached hydrogen (secondary N) is 1. The van der Waals surface area contributed by atoms with Gasteiger partial charge in [-0.1, -0.05) is 11.6 Å². The van der Waals surface area contributed by atoms with Crippen LogP contribution in [0.1, 0.15) is 16.6 Å². The molecule has 1 aliphatic rings. The van der Waals surface area contributed by atoms with E-state index in [1.807, 2.05) is 25.4 Å². The fourth-order valence-electron chi connectivity index (χ4n) is 2.21. The van der Waals surface area contributed by atoms with E-state index in [9.17, 15) is 0 Å². The highest BCUT2D eigenvalue weighted by molar-refractivity contribution is 7.16. The van der Waals surface area contributed by atoms with Gasteiger partial charge in [0.05, 0.1) is 28.5 Å². The third kappa shape index (κ3) is 2.88. The molecule has 0 radical (unpaired) electrons. The molecule has 2 aromatic rings. The minimum atomic E-state index is 0.314. The fraction of sp³-hybridized carbons (Fsp3) is 0.385. The average molecular weight is 295 g/mol. The number of aromatic nitrogens is 2. The summed E-state index contributed by atoms with van der Waals surface area (Å²) in [5.41, 5.74) is 0.945. The Hall–Kier alpha value is -1.17. The van der Waals surface area contributed by atoms with Gasteiger partial charge in [-0.3, -0.25) is 4.98 Å². The number of anilines is 1. The molecule has 6 heteroatoms. The second kappa shape index (κ2) is 5.45. The Kier molecular flexibility index (Phi) is 3.68. The predicted octanol–water partition coefficient (Wildman–Crippen LogP) is 2.65. The van der Waals surface area contributed by atoms with Crippen molar-refractivity contribution in [1.82, 2.24) is 15.3 Å². The van der Waals surface area contributed by atoms with Gasteiger partial charge in [-0.15, -0.1) is 11.3 Å². The molecule has 0 saturated carbocycles. The molecule has 0 spiro atoms. The van der Waals surface area contributed by atoms with Gasteiger partial charge in [0.1, 0.15) is 5.82 Å². The average Bonchev–Trinajstić information content (AvgIpc) is 2.86. The van der Waals surface area contributed by atoms with Crippen LogP contribution in [0.2, 0.25) is 4.34 Å². The lowest BCUT2D eigenvalue weighted by Crippen LogP contribution is -2.46. The summed E-state index contributed by atoms with van der Waals surface area (Å²) >= 11 is 7.64. The Morgan fingerprint density at radius 3 is 2.95 bits per heavy atom. The molecule has 1 saturated heterocycles. The van der Waals surface area contributed by atoms with Crippen LogP contribution in [0.3, 0.4) is 0 Å². The Bertz CT molecular complexity index is 554. The van der Waals surface area contributed by atoms with Crippen LogP contribution in [0, 0.1) is 6.92 Å². The highest BCUT2D eigenvalue weighted by atomic mass is 35.5. The van der Waals surface area contributed by atoms with E-state index in [1.54, 1.807) is 11.3 Å². The number of thiophene rings is 1. The number of piperazine rings is 1. The van der Waals surface area contributed by atoms with Gasteiger partial charge in [0.15, 0.2) is 0 Å². The molecule has 1 N–H and O–H groups in total. The summed E-state index contributed by atoms with van der Waals surface area (Å²) < 4.78 is 0.837. The summed E-state index contributed by atoms with van der Waals surface area (Å²) in [7, 11) is 0. The molecule has 19 heavy (non-hydrogen) atoms. The number of nitrogens with zero attached hydrogens (tertiary/aromatic N) is 3. The molecule has 4 nitrogen and oxygen atoms in total. The zero-order valence-corrected chi connectivity index (χ0v) is 12.2. The summed E-state index contributed by atoms with van der Waals surface area (Å²) in [5, 5.41) is 3.52. The quantitative estimate of drug-likeness (QED) is 0.924.